The van der Waals surface area contributed by atoms with Gasteiger partial charge in [0.15, 0.2) is 0 Å². The molecule has 0 fully saturated rings. The standard InChI is InChI=1S/C29H30BrClF3N3O4S/c1-19(2)16-35-28(39)20(3)36(17-21-9-11-22(30)12-10-21)27(38)18-37(42(40,41)24-7-5-4-6-8-24)23-13-14-26(31)25(15-23)29(32,33)34/h4-15,19-20H,16-18H2,1-3H3,(H,35,39)/t20-/m1/s1. The maximum atomic E-state index is 13.9. The first-order valence-corrected chi connectivity index (χ1v) is 15.5. The molecule has 0 unspecified atom stereocenters. The molecule has 13 heteroatoms. The van der Waals surface area contributed by atoms with Crippen LogP contribution in [0.4, 0.5) is 18.9 Å². The number of anilines is 1. The average molecular weight is 689 g/mol. The third kappa shape index (κ3) is 8.48. The van der Waals surface area contributed by atoms with Crippen LogP contribution < -0.4 is 9.62 Å². The lowest BCUT2D eigenvalue weighted by Crippen LogP contribution is -2.51. The van der Waals surface area contributed by atoms with E-state index in [9.17, 15) is 31.2 Å². The molecule has 0 bridgehead atoms. The summed E-state index contributed by atoms with van der Waals surface area (Å²) < 4.78 is 70.1. The Balaban J connectivity index is 2.08. The van der Waals surface area contributed by atoms with Crippen molar-refractivity contribution >= 4 is 55.1 Å². The first-order valence-electron chi connectivity index (χ1n) is 12.9. The van der Waals surface area contributed by atoms with E-state index in [0.717, 1.165) is 16.6 Å². The van der Waals surface area contributed by atoms with Gasteiger partial charge in [0.2, 0.25) is 11.8 Å². The Morgan fingerprint density at radius 1 is 0.976 bits per heavy atom. The molecule has 3 rings (SSSR count). The van der Waals surface area contributed by atoms with Gasteiger partial charge in [-0.25, -0.2) is 8.42 Å². The van der Waals surface area contributed by atoms with Crippen molar-refractivity contribution in [2.45, 2.75) is 44.4 Å². The van der Waals surface area contributed by atoms with Gasteiger partial charge in [0, 0.05) is 17.6 Å². The van der Waals surface area contributed by atoms with Gasteiger partial charge in [-0.3, -0.25) is 13.9 Å². The number of nitrogens with one attached hydrogen (secondary N) is 1. The van der Waals surface area contributed by atoms with E-state index in [1.54, 1.807) is 30.3 Å². The van der Waals surface area contributed by atoms with Gasteiger partial charge in [-0.05, 0) is 60.9 Å². The van der Waals surface area contributed by atoms with Crippen molar-refractivity contribution in [1.82, 2.24) is 10.2 Å². The molecule has 0 saturated carbocycles. The summed E-state index contributed by atoms with van der Waals surface area (Å²) in [4.78, 5) is 27.9. The first kappa shape index (κ1) is 33.4. The minimum atomic E-state index is -4.88. The molecular weight excluding hydrogens is 659 g/mol. The molecule has 0 aliphatic heterocycles. The molecule has 0 spiro atoms. The Bertz CT molecular complexity index is 1500. The molecule has 0 aromatic heterocycles. The molecular formula is C29H30BrClF3N3O4S. The van der Waals surface area contributed by atoms with E-state index < -0.39 is 56.9 Å². The van der Waals surface area contributed by atoms with E-state index in [-0.39, 0.29) is 17.4 Å². The molecule has 0 aliphatic rings. The van der Waals surface area contributed by atoms with Gasteiger partial charge >= 0.3 is 6.18 Å². The van der Waals surface area contributed by atoms with Crippen LogP contribution in [-0.2, 0) is 32.3 Å². The van der Waals surface area contributed by atoms with Gasteiger partial charge in [-0.2, -0.15) is 13.2 Å². The second kappa shape index (κ2) is 13.9. The monoisotopic (exact) mass is 687 g/mol. The summed E-state index contributed by atoms with van der Waals surface area (Å²) in [5, 5.41) is 2.15. The Morgan fingerprint density at radius 2 is 1.60 bits per heavy atom. The topological polar surface area (TPSA) is 86.8 Å². The molecule has 3 aromatic rings. The molecule has 7 nitrogen and oxygen atoms in total. The highest BCUT2D eigenvalue weighted by molar-refractivity contribution is 9.10. The van der Waals surface area contributed by atoms with Gasteiger partial charge in [0.25, 0.3) is 10.0 Å². The van der Waals surface area contributed by atoms with Crippen molar-refractivity contribution < 1.29 is 31.2 Å². The van der Waals surface area contributed by atoms with Gasteiger partial charge in [-0.15, -0.1) is 0 Å². The average Bonchev–Trinajstić information content (AvgIpc) is 2.94. The smallest absolute Gasteiger partial charge is 0.354 e. The van der Waals surface area contributed by atoms with Crippen molar-refractivity contribution in [2.75, 3.05) is 17.4 Å². The molecule has 0 heterocycles. The molecule has 0 saturated heterocycles. The van der Waals surface area contributed by atoms with Crippen molar-refractivity contribution in [3.8, 4) is 0 Å². The predicted molar refractivity (Wildman–Crippen MR) is 159 cm³/mol. The zero-order valence-electron chi connectivity index (χ0n) is 23.0. The lowest BCUT2D eigenvalue weighted by Gasteiger charge is -2.32. The predicted octanol–water partition coefficient (Wildman–Crippen LogP) is 6.51. The number of hydrogen-bond donors (Lipinski definition) is 1. The summed E-state index contributed by atoms with van der Waals surface area (Å²) in [7, 11) is -4.54. The summed E-state index contributed by atoms with van der Waals surface area (Å²) in [5.74, 6) is -1.12. The summed E-state index contributed by atoms with van der Waals surface area (Å²) in [5.41, 5.74) is -1.02. The Hall–Kier alpha value is -3.09. The van der Waals surface area contributed by atoms with Crippen LogP contribution in [0.25, 0.3) is 0 Å². The van der Waals surface area contributed by atoms with E-state index in [1.165, 1.54) is 36.1 Å². The second-order valence-corrected chi connectivity index (χ2v) is 13.1. The zero-order valence-corrected chi connectivity index (χ0v) is 26.2. The third-order valence-electron chi connectivity index (χ3n) is 6.27. The highest BCUT2D eigenvalue weighted by Gasteiger charge is 2.37. The molecule has 1 N–H and O–H groups in total. The lowest BCUT2D eigenvalue weighted by atomic mass is 10.1. The Kier molecular flexibility index (Phi) is 11.1. The Labute approximate surface area is 256 Å². The second-order valence-electron chi connectivity index (χ2n) is 9.95. The Morgan fingerprint density at radius 3 is 2.17 bits per heavy atom. The molecule has 1 atom stereocenters. The molecule has 226 valence electrons. The summed E-state index contributed by atoms with van der Waals surface area (Å²) in [6.45, 7) is 4.73. The summed E-state index contributed by atoms with van der Waals surface area (Å²) in [6.07, 6.45) is -4.88. The lowest BCUT2D eigenvalue weighted by molar-refractivity contribution is -0.139. The van der Waals surface area contributed by atoms with E-state index in [4.69, 9.17) is 11.6 Å². The van der Waals surface area contributed by atoms with Crippen molar-refractivity contribution in [1.29, 1.82) is 0 Å². The van der Waals surface area contributed by atoms with Gasteiger partial charge < -0.3 is 10.2 Å². The number of sulfonamides is 1. The number of benzene rings is 3. The normalized spacial score (nSPS) is 12.6. The number of carbonyl (C=O) groups is 2. The third-order valence-corrected chi connectivity index (χ3v) is 8.92. The number of alkyl halides is 3. The number of rotatable bonds is 11. The quantitative estimate of drug-likeness (QED) is 0.249. The first-order chi connectivity index (χ1) is 19.6. The van der Waals surface area contributed by atoms with Gasteiger partial charge in [-0.1, -0.05) is 71.7 Å². The number of nitrogens with zero attached hydrogens (tertiary/aromatic N) is 2. The van der Waals surface area contributed by atoms with Crippen molar-refractivity contribution in [3.63, 3.8) is 0 Å². The maximum Gasteiger partial charge on any atom is 0.417 e. The fourth-order valence-corrected chi connectivity index (χ4v) is 5.87. The van der Waals surface area contributed by atoms with Crippen LogP contribution in [0.2, 0.25) is 5.02 Å². The molecule has 42 heavy (non-hydrogen) atoms. The van der Waals surface area contributed by atoms with Crippen LogP contribution >= 0.6 is 27.5 Å². The van der Waals surface area contributed by atoms with Crippen LogP contribution in [0.3, 0.4) is 0 Å². The zero-order chi connectivity index (χ0) is 31.2. The van der Waals surface area contributed by atoms with Crippen LogP contribution in [0.1, 0.15) is 31.9 Å². The molecule has 0 aliphatic carbocycles. The van der Waals surface area contributed by atoms with E-state index in [2.05, 4.69) is 21.2 Å². The minimum Gasteiger partial charge on any atom is -0.354 e. The SMILES string of the molecule is CC(C)CNC(=O)[C@@H](C)N(Cc1ccc(Br)cc1)C(=O)CN(c1ccc(Cl)c(C(F)(F)F)c1)S(=O)(=O)c1ccccc1. The van der Waals surface area contributed by atoms with E-state index in [1.807, 2.05) is 13.8 Å². The van der Waals surface area contributed by atoms with E-state index in [0.29, 0.717) is 22.5 Å². The largest absolute Gasteiger partial charge is 0.417 e. The van der Waals surface area contributed by atoms with Gasteiger partial charge in [0.1, 0.15) is 12.6 Å². The van der Waals surface area contributed by atoms with Gasteiger partial charge in [0.05, 0.1) is 21.2 Å². The van der Waals surface area contributed by atoms with Crippen molar-refractivity contribution in [3.05, 3.63) is 93.4 Å². The van der Waals surface area contributed by atoms with Crippen molar-refractivity contribution in [2.24, 2.45) is 5.92 Å². The summed E-state index contributed by atoms with van der Waals surface area (Å²) >= 11 is 9.14. The number of halogens is 5. The molecule has 0 radical (unpaired) electrons. The van der Waals surface area contributed by atoms with Crippen LogP contribution in [0.15, 0.2) is 82.2 Å². The fraction of sp³-hybridized carbons (Fsp3) is 0.310. The molecule has 2 amide bonds. The summed E-state index contributed by atoms with van der Waals surface area (Å²) in [6, 6.07) is 15.6. The fourth-order valence-electron chi connectivity index (χ4n) is 3.96. The van der Waals surface area contributed by atoms with E-state index >= 15 is 0 Å². The minimum absolute atomic E-state index is 0.0595. The van der Waals surface area contributed by atoms with Crippen LogP contribution in [0, 0.1) is 5.92 Å². The van der Waals surface area contributed by atoms with Crippen LogP contribution in [0.5, 0.6) is 0 Å². The number of amides is 2. The highest BCUT2D eigenvalue weighted by Crippen LogP contribution is 2.38. The van der Waals surface area contributed by atoms with Crippen LogP contribution in [-0.4, -0.2) is 44.3 Å². The highest BCUT2D eigenvalue weighted by atomic mass is 79.9. The number of carbonyl (C=O) groups excluding carboxylic acids is 2. The molecule has 3 aromatic carbocycles. The maximum absolute atomic E-state index is 13.9. The number of hydrogen-bond acceptors (Lipinski definition) is 4.